The van der Waals surface area contributed by atoms with Crippen molar-refractivity contribution in [3.05, 3.63) is 87.1 Å². The molecule has 3 atom stereocenters. The maximum atomic E-state index is 13.1. The maximum absolute atomic E-state index is 13.1. The summed E-state index contributed by atoms with van der Waals surface area (Å²) in [5, 5.41) is 38.0. The molecule has 0 heterocycles. The third kappa shape index (κ3) is 5.01. The quantitative estimate of drug-likeness (QED) is 0.412. The highest BCUT2D eigenvalue weighted by molar-refractivity contribution is 6.30. The standard InChI is InChI=1S/C30H27Cl2N5O/c1-29(2,3)19-6-13-23-24(14-19)26(18-4-7-20(31)8-5-18)30(16-34,17-35)27(25(23)15-33)37-28(38)36-22-11-9-21(32)10-12-22/h4-5,7-13,19,24,26H,6,14H2,1-3H3,(H2,36,37,38)/t19-,24+,26+/m1/s1. The smallest absolute Gasteiger partial charge is 0.308 e. The zero-order chi connectivity index (χ0) is 27.7. The molecule has 0 bridgehead atoms. The van der Waals surface area contributed by atoms with Gasteiger partial charge in [0.05, 0.1) is 23.4 Å². The predicted molar refractivity (Wildman–Crippen MR) is 148 cm³/mol. The third-order valence-electron chi connectivity index (χ3n) is 7.62. The first kappa shape index (κ1) is 27.3. The lowest BCUT2D eigenvalue weighted by Crippen LogP contribution is -2.47. The van der Waals surface area contributed by atoms with Gasteiger partial charge in [-0.2, -0.15) is 15.8 Å². The van der Waals surface area contributed by atoms with E-state index in [2.05, 4.69) is 49.6 Å². The van der Waals surface area contributed by atoms with Crippen molar-refractivity contribution in [2.24, 2.45) is 22.7 Å². The van der Waals surface area contributed by atoms with Gasteiger partial charge in [-0.15, -0.1) is 0 Å². The lowest BCUT2D eigenvalue weighted by Gasteiger charge is -2.47. The molecule has 8 heteroatoms. The van der Waals surface area contributed by atoms with Gasteiger partial charge in [0.25, 0.3) is 0 Å². The van der Waals surface area contributed by atoms with Gasteiger partial charge in [0, 0.05) is 21.7 Å². The van der Waals surface area contributed by atoms with Crippen LogP contribution < -0.4 is 10.6 Å². The van der Waals surface area contributed by atoms with Gasteiger partial charge in [0.2, 0.25) is 0 Å². The van der Waals surface area contributed by atoms with Crippen molar-refractivity contribution < 1.29 is 4.79 Å². The van der Waals surface area contributed by atoms with Gasteiger partial charge < -0.3 is 10.6 Å². The molecule has 4 rings (SSSR count). The van der Waals surface area contributed by atoms with Crippen LogP contribution in [0.1, 0.15) is 45.1 Å². The number of nitrogens with zero attached hydrogens (tertiary/aromatic N) is 3. The van der Waals surface area contributed by atoms with Crippen LogP contribution in [0, 0.1) is 56.7 Å². The highest BCUT2D eigenvalue weighted by atomic mass is 35.5. The van der Waals surface area contributed by atoms with Gasteiger partial charge in [0.15, 0.2) is 5.41 Å². The molecule has 2 amide bonds. The van der Waals surface area contributed by atoms with E-state index in [0.717, 1.165) is 17.6 Å². The lowest BCUT2D eigenvalue weighted by molar-refractivity contribution is 0.169. The fourth-order valence-electron chi connectivity index (χ4n) is 5.58. The molecule has 2 aromatic rings. The van der Waals surface area contributed by atoms with E-state index in [9.17, 15) is 20.6 Å². The number of carbonyl (C=O) groups excluding carboxylic acids is 1. The first-order chi connectivity index (χ1) is 18.0. The van der Waals surface area contributed by atoms with Crippen LogP contribution in [-0.4, -0.2) is 6.03 Å². The minimum atomic E-state index is -1.82. The highest BCUT2D eigenvalue weighted by Crippen LogP contribution is 2.58. The van der Waals surface area contributed by atoms with Crippen molar-refractivity contribution in [2.75, 3.05) is 5.32 Å². The van der Waals surface area contributed by atoms with Gasteiger partial charge in [0.1, 0.15) is 6.07 Å². The van der Waals surface area contributed by atoms with Crippen LogP contribution in [0.5, 0.6) is 0 Å². The van der Waals surface area contributed by atoms with Crippen molar-refractivity contribution in [3.8, 4) is 18.2 Å². The van der Waals surface area contributed by atoms with E-state index in [-0.39, 0.29) is 28.5 Å². The summed E-state index contributed by atoms with van der Waals surface area (Å²) in [4.78, 5) is 13.1. The molecule has 38 heavy (non-hydrogen) atoms. The molecule has 0 aromatic heterocycles. The van der Waals surface area contributed by atoms with E-state index in [1.807, 2.05) is 18.2 Å². The van der Waals surface area contributed by atoms with Crippen LogP contribution in [0.2, 0.25) is 10.0 Å². The van der Waals surface area contributed by atoms with E-state index < -0.39 is 17.4 Å². The van der Waals surface area contributed by atoms with Crippen molar-refractivity contribution >= 4 is 34.9 Å². The fourth-order valence-corrected chi connectivity index (χ4v) is 5.83. The summed E-state index contributed by atoms with van der Waals surface area (Å²) in [7, 11) is 0. The Morgan fingerprint density at radius 2 is 1.53 bits per heavy atom. The normalized spacial score (nSPS) is 22.2. The predicted octanol–water partition coefficient (Wildman–Crippen LogP) is 7.72. The average molecular weight is 544 g/mol. The molecule has 192 valence electrons. The van der Waals surface area contributed by atoms with Crippen LogP contribution in [0.15, 0.2) is 71.5 Å². The summed E-state index contributed by atoms with van der Waals surface area (Å²) in [6.07, 6.45) is 3.50. The number of hydrogen-bond donors (Lipinski definition) is 2. The fraction of sp³-hybridized carbons (Fsp3) is 0.333. The Bertz CT molecular complexity index is 1420. The molecule has 0 aliphatic heterocycles. The second kappa shape index (κ2) is 10.5. The zero-order valence-corrected chi connectivity index (χ0v) is 22.9. The number of nitrogens with one attached hydrogen (secondary N) is 2. The molecule has 2 aliphatic carbocycles. The number of amides is 2. The number of benzene rings is 2. The van der Waals surface area contributed by atoms with Gasteiger partial charge >= 0.3 is 6.03 Å². The Morgan fingerprint density at radius 3 is 2.05 bits per heavy atom. The summed E-state index contributed by atoms with van der Waals surface area (Å²) in [6, 6.07) is 19.6. The van der Waals surface area contributed by atoms with Gasteiger partial charge in [-0.1, -0.05) is 62.2 Å². The minimum absolute atomic E-state index is 0.00637. The van der Waals surface area contributed by atoms with Gasteiger partial charge in [-0.25, -0.2) is 4.79 Å². The number of fused-ring (bicyclic) bond motifs is 1. The Labute approximate surface area is 233 Å². The third-order valence-corrected chi connectivity index (χ3v) is 8.13. The topological polar surface area (TPSA) is 112 Å². The molecule has 0 fully saturated rings. The number of carbonyl (C=O) groups is 1. The Hall–Kier alpha value is -3.76. The molecule has 2 aromatic carbocycles. The molecular formula is C30H27Cl2N5O. The summed E-state index contributed by atoms with van der Waals surface area (Å²) in [5.74, 6) is -0.620. The molecular weight excluding hydrogens is 517 g/mol. The van der Waals surface area contributed by atoms with E-state index >= 15 is 0 Å². The molecule has 6 nitrogen and oxygen atoms in total. The van der Waals surface area contributed by atoms with Crippen LogP contribution in [0.25, 0.3) is 0 Å². The van der Waals surface area contributed by atoms with Crippen molar-refractivity contribution in [1.29, 1.82) is 15.8 Å². The van der Waals surface area contributed by atoms with Crippen molar-refractivity contribution in [3.63, 3.8) is 0 Å². The summed E-state index contributed by atoms with van der Waals surface area (Å²) >= 11 is 12.1. The Kier molecular flexibility index (Phi) is 7.57. The lowest BCUT2D eigenvalue weighted by atomic mass is 9.54. The molecule has 2 aliphatic rings. The van der Waals surface area contributed by atoms with Gasteiger partial charge in [-0.05, 0) is 77.6 Å². The Balaban J connectivity index is 1.88. The maximum Gasteiger partial charge on any atom is 0.323 e. The first-order valence-electron chi connectivity index (χ1n) is 12.3. The number of hydrogen-bond acceptors (Lipinski definition) is 4. The number of anilines is 1. The summed E-state index contributed by atoms with van der Waals surface area (Å²) in [6.45, 7) is 6.52. The Morgan fingerprint density at radius 1 is 0.947 bits per heavy atom. The second-order valence-corrected chi connectivity index (χ2v) is 11.7. The number of rotatable bonds is 3. The van der Waals surface area contributed by atoms with Crippen LogP contribution in [0.4, 0.5) is 10.5 Å². The second-order valence-electron chi connectivity index (χ2n) is 10.8. The number of nitriles is 3. The molecule has 0 radical (unpaired) electrons. The average Bonchev–Trinajstić information content (AvgIpc) is 2.89. The summed E-state index contributed by atoms with van der Waals surface area (Å²) in [5.41, 5.74) is 0.307. The molecule has 2 N–H and O–H groups in total. The van der Waals surface area contributed by atoms with E-state index in [1.54, 1.807) is 36.4 Å². The number of halogens is 2. The molecule has 0 unspecified atom stereocenters. The monoisotopic (exact) mass is 543 g/mol. The summed E-state index contributed by atoms with van der Waals surface area (Å²) < 4.78 is 0. The number of allylic oxidation sites excluding steroid dienone is 4. The van der Waals surface area contributed by atoms with E-state index in [1.165, 1.54) is 0 Å². The zero-order valence-electron chi connectivity index (χ0n) is 21.3. The minimum Gasteiger partial charge on any atom is -0.308 e. The van der Waals surface area contributed by atoms with Gasteiger partial charge in [-0.3, -0.25) is 0 Å². The number of urea groups is 1. The van der Waals surface area contributed by atoms with E-state index in [4.69, 9.17) is 23.2 Å². The molecule has 0 saturated heterocycles. The van der Waals surface area contributed by atoms with Crippen LogP contribution in [0.3, 0.4) is 0 Å². The van der Waals surface area contributed by atoms with E-state index in [0.29, 0.717) is 22.2 Å². The van der Waals surface area contributed by atoms with Crippen molar-refractivity contribution in [2.45, 2.75) is 39.5 Å². The largest absolute Gasteiger partial charge is 0.323 e. The SMILES string of the molecule is CC(C)(C)[C@@H]1CC=C2C(C#N)=C(NC(=O)Nc3ccc(Cl)cc3)C(C#N)(C#N)[C@@H](c3ccc(Cl)cc3)[C@H]2C1. The first-order valence-corrected chi connectivity index (χ1v) is 13.1. The van der Waals surface area contributed by atoms with Crippen LogP contribution in [-0.2, 0) is 0 Å². The molecule has 0 spiro atoms. The van der Waals surface area contributed by atoms with Crippen LogP contribution >= 0.6 is 23.2 Å². The molecule has 0 saturated carbocycles. The van der Waals surface area contributed by atoms with Crippen molar-refractivity contribution in [1.82, 2.24) is 5.32 Å². The highest BCUT2D eigenvalue weighted by Gasteiger charge is 2.56.